The molecule has 2 fully saturated rings. The molecule has 116 valence electrons. The maximum Gasteiger partial charge on any atom is 0.339 e. The Morgan fingerprint density at radius 2 is 1.91 bits per heavy atom. The summed E-state index contributed by atoms with van der Waals surface area (Å²) in [5.41, 5.74) is 3.21. The van der Waals surface area contributed by atoms with Crippen molar-refractivity contribution in [2.24, 2.45) is 21.8 Å². The second-order valence-electron chi connectivity index (χ2n) is 6.90. The van der Waals surface area contributed by atoms with Crippen molar-refractivity contribution >= 4 is 23.2 Å². The van der Waals surface area contributed by atoms with Crippen LogP contribution in [-0.2, 0) is 4.79 Å². The van der Waals surface area contributed by atoms with Gasteiger partial charge in [-0.1, -0.05) is 39.0 Å². The molecule has 0 saturated heterocycles. The minimum absolute atomic E-state index is 0.0776. The molecule has 1 aromatic carbocycles. The van der Waals surface area contributed by atoms with Gasteiger partial charge >= 0.3 is 6.03 Å². The number of anilines is 1. The van der Waals surface area contributed by atoms with E-state index in [0.717, 1.165) is 12.8 Å². The third-order valence-corrected chi connectivity index (χ3v) is 5.60. The Kier molecular flexibility index (Phi) is 3.31. The van der Waals surface area contributed by atoms with Gasteiger partial charge < -0.3 is 5.32 Å². The number of para-hydroxylation sites is 1. The van der Waals surface area contributed by atoms with E-state index < -0.39 is 6.03 Å². The number of nitrogens with one attached hydrogen (secondary N) is 2. The van der Waals surface area contributed by atoms with E-state index in [1.54, 1.807) is 12.1 Å². The van der Waals surface area contributed by atoms with Crippen molar-refractivity contribution in [2.75, 3.05) is 5.32 Å². The molecule has 0 aromatic heterocycles. The highest BCUT2D eigenvalue weighted by Gasteiger charge is 2.65. The zero-order valence-electron chi connectivity index (χ0n) is 13.1. The predicted octanol–water partition coefficient (Wildman–Crippen LogP) is 3.19. The smallest absolute Gasteiger partial charge is 0.307 e. The van der Waals surface area contributed by atoms with E-state index in [4.69, 9.17) is 0 Å². The third-order valence-electron chi connectivity index (χ3n) is 5.60. The quantitative estimate of drug-likeness (QED) is 0.823. The van der Waals surface area contributed by atoms with Gasteiger partial charge in [0.1, 0.15) is 5.71 Å². The number of amides is 2. The van der Waals surface area contributed by atoms with Crippen LogP contribution in [-0.4, -0.2) is 17.5 Å². The van der Waals surface area contributed by atoms with Crippen LogP contribution >= 0.6 is 0 Å². The van der Waals surface area contributed by atoms with E-state index in [1.807, 2.05) is 25.1 Å². The molecule has 2 bridgehead atoms. The Morgan fingerprint density at radius 3 is 2.50 bits per heavy atom. The number of benzene rings is 1. The molecule has 3 rings (SSSR count). The Hall–Kier alpha value is -2.17. The third kappa shape index (κ3) is 2.03. The van der Waals surface area contributed by atoms with Gasteiger partial charge in [-0.3, -0.25) is 4.79 Å². The van der Waals surface area contributed by atoms with Crippen LogP contribution < -0.4 is 10.7 Å². The fourth-order valence-corrected chi connectivity index (χ4v) is 3.75. The summed E-state index contributed by atoms with van der Waals surface area (Å²) in [6.07, 6.45) is 1.86. The average molecular weight is 299 g/mol. The van der Waals surface area contributed by atoms with E-state index in [-0.39, 0.29) is 22.5 Å². The molecule has 2 N–H and O–H groups in total. The lowest BCUT2D eigenvalue weighted by molar-refractivity contribution is -0.123. The molecule has 0 spiro atoms. The zero-order valence-corrected chi connectivity index (χ0v) is 13.1. The number of hydrogen-bond acceptors (Lipinski definition) is 3. The minimum Gasteiger partial charge on any atom is -0.307 e. The number of nitrogens with zero attached hydrogens (tertiary/aromatic N) is 1. The van der Waals surface area contributed by atoms with Gasteiger partial charge in [-0.25, -0.2) is 10.2 Å². The van der Waals surface area contributed by atoms with E-state index in [2.05, 4.69) is 29.7 Å². The first-order valence-electron chi connectivity index (χ1n) is 7.61. The number of rotatable bonds is 2. The molecule has 22 heavy (non-hydrogen) atoms. The molecule has 5 heteroatoms. The standard InChI is InChI=1S/C17H21N3O2/c1-16(2)12-9-10-17(16,3)14(21)13(12)19-20-15(22)18-11-7-5-4-6-8-11/h4-8,12H,9-10H2,1-3H3,(H2,18,20,22)/b19-13-. The molecule has 0 aliphatic heterocycles. The first-order chi connectivity index (χ1) is 10.4. The van der Waals surface area contributed by atoms with Crippen LogP contribution in [0.4, 0.5) is 10.5 Å². The number of Topliss-reactive ketones (excluding diaryl/α,β-unsaturated/α-hetero) is 1. The number of carbonyl (C=O) groups is 2. The summed E-state index contributed by atoms with van der Waals surface area (Å²) >= 11 is 0. The average Bonchev–Trinajstić information content (AvgIpc) is 2.79. The van der Waals surface area contributed by atoms with Gasteiger partial charge in [0.2, 0.25) is 0 Å². The van der Waals surface area contributed by atoms with Crippen molar-refractivity contribution in [3.05, 3.63) is 30.3 Å². The number of hydrogen-bond donors (Lipinski definition) is 2. The van der Waals surface area contributed by atoms with Crippen LogP contribution in [0.3, 0.4) is 0 Å². The summed E-state index contributed by atoms with van der Waals surface area (Å²) in [6, 6.07) is 8.70. The van der Waals surface area contributed by atoms with E-state index in [1.165, 1.54) is 0 Å². The van der Waals surface area contributed by atoms with E-state index in [9.17, 15) is 9.59 Å². The zero-order chi connectivity index (χ0) is 16.0. The highest BCUT2D eigenvalue weighted by Crippen LogP contribution is 2.62. The largest absolute Gasteiger partial charge is 0.339 e. The molecular weight excluding hydrogens is 278 g/mol. The molecule has 2 aliphatic carbocycles. The molecule has 2 atom stereocenters. The number of ketones is 1. The molecule has 5 nitrogen and oxygen atoms in total. The normalized spacial score (nSPS) is 30.6. The van der Waals surface area contributed by atoms with Crippen molar-refractivity contribution in [1.29, 1.82) is 0 Å². The molecule has 0 radical (unpaired) electrons. The summed E-state index contributed by atoms with van der Waals surface area (Å²) in [4.78, 5) is 24.5. The fourth-order valence-electron chi connectivity index (χ4n) is 3.75. The molecule has 2 unspecified atom stereocenters. The number of hydrazone groups is 1. The SMILES string of the molecule is CC12CCC(/C(=N/NC(=O)Nc3ccccc3)C1=O)C2(C)C. The lowest BCUT2D eigenvalue weighted by Crippen LogP contribution is -2.34. The highest BCUT2D eigenvalue weighted by molar-refractivity contribution is 6.45. The van der Waals surface area contributed by atoms with Crippen LogP contribution in [0.5, 0.6) is 0 Å². The molecular formula is C17H21N3O2. The molecule has 2 aliphatic rings. The minimum atomic E-state index is -0.433. The topological polar surface area (TPSA) is 70.6 Å². The lowest BCUT2D eigenvalue weighted by Gasteiger charge is -2.31. The summed E-state index contributed by atoms with van der Waals surface area (Å²) in [5.74, 6) is 0.204. The number of urea groups is 1. The van der Waals surface area contributed by atoms with Gasteiger partial charge in [0.05, 0.1) is 0 Å². The van der Waals surface area contributed by atoms with E-state index >= 15 is 0 Å². The predicted molar refractivity (Wildman–Crippen MR) is 85.7 cm³/mol. The second kappa shape index (κ2) is 4.93. The van der Waals surface area contributed by atoms with Gasteiger partial charge in [0, 0.05) is 17.0 Å². The van der Waals surface area contributed by atoms with Gasteiger partial charge in [0.15, 0.2) is 5.78 Å². The van der Waals surface area contributed by atoms with Gasteiger partial charge in [-0.15, -0.1) is 0 Å². The van der Waals surface area contributed by atoms with Crippen LogP contribution in [0, 0.1) is 16.7 Å². The van der Waals surface area contributed by atoms with Gasteiger partial charge in [-0.05, 0) is 30.4 Å². The lowest BCUT2D eigenvalue weighted by atomic mass is 9.70. The summed E-state index contributed by atoms with van der Waals surface area (Å²) < 4.78 is 0. The van der Waals surface area contributed by atoms with Gasteiger partial charge in [0.25, 0.3) is 0 Å². The van der Waals surface area contributed by atoms with E-state index in [0.29, 0.717) is 11.4 Å². The van der Waals surface area contributed by atoms with Crippen LogP contribution in [0.15, 0.2) is 35.4 Å². The molecule has 1 aromatic rings. The molecule has 2 saturated carbocycles. The maximum absolute atomic E-state index is 12.6. The van der Waals surface area contributed by atoms with Crippen molar-refractivity contribution < 1.29 is 9.59 Å². The van der Waals surface area contributed by atoms with Crippen LogP contribution in [0.2, 0.25) is 0 Å². The Bertz CT molecular complexity index is 651. The molecule has 0 heterocycles. The first kappa shape index (κ1) is 14.8. The second-order valence-corrected chi connectivity index (χ2v) is 6.90. The van der Waals surface area contributed by atoms with Gasteiger partial charge in [-0.2, -0.15) is 5.10 Å². The van der Waals surface area contributed by atoms with Crippen LogP contribution in [0.1, 0.15) is 33.6 Å². The fraction of sp³-hybridized carbons (Fsp3) is 0.471. The molecule has 2 amide bonds. The highest BCUT2D eigenvalue weighted by atomic mass is 16.2. The van der Waals surface area contributed by atoms with Crippen molar-refractivity contribution in [2.45, 2.75) is 33.6 Å². The Morgan fingerprint density at radius 1 is 1.23 bits per heavy atom. The summed E-state index contributed by atoms with van der Waals surface area (Å²) in [5, 5.41) is 6.82. The van der Waals surface area contributed by atoms with Crippen molar-refractivity contribution in [1.82, 2.24) is 5.43 Å². The van der Waals surface area contributed by atoms with Crippen LogP contribution in [0.25, 0.3) is 0 Å². The summed E-state index contributed by atoms with van der Waals surface area (Å²) in [7, 11) is 0. The number of carbonyl (C=O) groups excluding carboxylic acids is 2. The van der Waals surface area contributed by atoms with Crippen molar-refractivity contribution in [3.8, 4) is 0 Å². The number of fused-ring (bicyclic) bond motifs is 2. The first-order valence-corrected chi connectivity index (χ1v) is 7.61. The van der Waals surface area contributed by atoms with Crippen molar-refractivity contribution in [3.63, 3.8) is 0 Å². The monoisotopic (exact) mass is 299 g/mol. The summed E-state index contributed by atoms with van der Waals surface area (Å²) in [6.45, 7) is 6.26. The Balaban J connectivity index is 1.72. The Labute approximate surface area is 130 Å². The maximum atomic E-state index is 12.6.